The lowest BCUT2D eigenvalue weighted by molar-refractivity contribution is 0.435. The Kier molecular flexibility index (Phi) is 7.90. The second-order valence-corrected chi connectivity index (χ2v) is 19.0. The molecule has 12 aromatic rings. The van der Waals surface area contributed by atoms with Crippen molar-refractivity contribution in [2.24, 2.45) is 0 Å². The molecule has 1 unspecified atom stereocenters. The summed E-state index contributed by atoms with van der Waals surface area (Å²) in [4.78, 5) is 22.9. The number of fused-ring (bicyclic) bond motifs is 17. The lowest BCUT2D eigenvalue weighted by Crippen LogP contribution is -2.34. The van der Waals surface area contributed by atoms with Crippen molar-refractivity contribution in [2.75, 3.05) is 4.90 Å². The van der Waals surface area contributed by atoms with Gasteiger partial charge in [-0.2, -0.15) is 0 Å². The Bertz CT molecular complexity index is 4340. The van der Waals surface area contributed by atoms with Gasteiger partial charge in [-0.3, -0.25) is 9.97 Å². The number of anilines is 3. The largest absolute Gasteiger partial charge is 0.457 e. The van der Waals surface area contributed by atoms with Gasteiger partial charge in [-0.1, -0.05) is 103 Å². The number of aromatic nitrogens is 4. The average molecular weight is 912 g/mol. The topological polar surface area (TPSA) is 56.8 Å². The van der Waals surface area contributed by atoms with Gasteiger partial charge in [0.05, 0.1) is 81.0 Å². The van der Waals surface area contributed by atoms with Gasteiger partial charge in [0, 0.05) is 55.2 Å². The van der Waals surface area contributed by atoms with Gasteiger partial charge >= 0.3 is 0 Å². The summed E-state index contributed by atoms with van der Waals surface area (Å²) in [5.74, 6) is 1.43. The standard InChI is InChI=1S/C61H33N7OS/c1-62-36-24-28-49-42(31-36)40-13-3-5-16-47(40)66(49)38-26-27-44-55(34-38)69-54-21-11-20-53(68-48-17-6-4-14-41(48)43-32-37(63-2)25-29-50(43)68)58(54)61(44)45-15-12-30-64-59(45)60-46(61)33-39(35-65-60)67-51-18-7-9-22-56(51)70-57-23-10-8-19-52(57)67/h3-35H. The minimum absolute atomic E-state index is 0.590. The molecule has 8 aromatic carbocycles. The monoisotopic (exact) mass is 911 g/mol. The van der Waals surface area contributed by atoms with Gasteiger partial charge in [-0.05, 0) is 107 Å². The fourth-order valence-corrected chi connectivity index (χ4v) is 12.8. The summed E-state index contributed by atoms with van der Waals surface area (Å²) < 4.78 is 12.0. The van der Waals surface area contributed by atoms with E-state index < -0.39 is 5.41 Å². The van der Waals surface area contributed by atoms with Crippen LogP contribution in [0.25, 0.3) is 76.1 Å². The molecule has 0 amide bonds. The highest BCUT2D eigenvalue weighted by atomic mass is 32.2. The predicted molar refractivity (Wildman–Crippen MR) is 279 cm³/mol. The quantitative estimate of drug-likeness (QED) is 0.165. The van der Waals surface area contributed by atoms with E-state index in [0.717, 1.165) is 106 Å². The molecule has 324 valence electrons. The molecule has 0 saturated heterocycles. The predicted octanol–water partition coefficient (Wildman–Crippen LogP) is 16.2. The maximum absolute atomic E-state index is 7.94. The lowest BCUT2D eigenvalue weighted by Gasteiger charge is -2.41. The second-order valence-electron chi connectivity index (χ2n) is 17.9. The zero-order valence-electron chi connectivity index (χ0n) is 37.0. The molecule has 1 spiro atoms. The van der Waals surface area contributed by atoms with Gasteiger partial charge < -0.3 is 18.8 Å². The second kappa shape index (κ2) is 14.3. The first kappa shape index (κ1) is 38.7. The molecule has 9 heteroatoms. The summed E-state index contributed by atoms with van der Waals surface area (Å²) in [5.41, 5.74) is 14.8. The van der Waals surface area contributed by atoms with Crippen molar-refractivity contribution in [1.29, 1.82) is 0 Å². The van der Waals surface area contributed by atoms with Crippen LogP contribution in [0.3, 0.4) is 0 Å². The molecule has 8 nitrogen and oxygen atoms in total. The van der Waals surface area contributed by atoms with Crippen molar-refractivity contribution in [3.8, 4) is 34.3 Å². The normalized spacial score (nSPS) is 14.9. The van der Waals surface area contributed by atoms with Crippen molar-refractivity contribution in [3.63, 3.8) is 0 Å². The van der Waals surface area contributed by atoms with E-state index in [9.17, 15) is 0 Å². The Hall–Kier alpha value is -9.41. The van der Waals surface area contributed by atoms with Crippen LogP contribution in [0.1, 0.15) is 22.3 Å². The Morgan fingerprint density at radius 2 is 1.07 bits per heavy atom. The highest BCUT2D eigenvalue weighted by Gasteiger charge is 2.54. The number of ether oxygens (including phenoxy) is 1. The number of rotatable bonds is 3. The summed E-state index contributed by atoms with van der Waals surface area (Å²) >= 11 is 1.78. The molecule has 0 N–H and O–H groups in total. The van der Waals surface area contributed by atoms with E-state index >= 15 is 0 Å². The molecule has 4 aromatic heterocycles. The van der Waals surface area contributed by atoms with E-state index in [4.69, 9.17) is 27.8 Å². The van der Waals surface area contributed by atoms with Crippen LogP contribution in [0.5, 0.6) is 11.5 Å². The molecule has 1 atom stereocenters. The van der Waals surface area contributed by atoms with Crippen molar-refractivity contribution >= 4 is 83.8 Å². The number of nitrogens with zero attached hydrogens (tertiary/aromatic N) is 7. The van der Waals surface area contributed by atoms with E-state index in [1.54, 1.807) is 11.8 Å². The first-order chi connectivity index (χ1) is 34.6. The van der Waals surface area contributed by atoms with Crippen LogP contribution >= 0.6 is 11.8 Å². The minimum atomic E-state index is -0.997. The van der Waals surface area contributed by atoms with Crippen LogP contribution < -0.4 is 9.64 Å². The van der Waals surface area contributed by atoms with Gasteiger partial charge in [0.2, 0.25) is 0 Å². The Balaban J connectivity index is 1.06. The van der Waals surface area contributed by atoms with Crippen LogP contribution in [-0.2, 0) is 5.41 Å². The number of hydrogen-bond donors (Lipinski definition) is 0. The average Bonchev–Trinajstić information content (AvgIpc) is 4.03. The first-order valence-electron chi connectivity index (χ1n) is 23.0. The van der Waals surface area contributed by atoms with Crippen molar-refractivity contribution in [3.05, 3.63) is 246 Å². The maximum atomic E-state index is 7.94. The number of benzene rings is 8. The molecule has 70 heavy (non-hydrogen) atoms. The molecular weight excluding hydrogens is 879 g/mol. The van der Waals surface area contributed by atoms with Gasteiger partial charge in [-0.25, -0.2) is 9.69 Å². The lowest BCUT2D eigenvalue weighted by atomic mass is 9.65. The van der Waals surface area contributed by atoms with Crippen molar-refractivity contribution in [2.45, 2.75) is 15.2 Å². The molecule has 0 saturated carbocycles. The maximum Gasteiger partial charge on any atom is 0.188 e. The Morgan fingerprint density at radius 1 is 0.457 bits per heavy atom. The molecule has 2 aliphatic heterocycles. The third-order valence-corrected chi connectivity index (χ3v) is 15.6. The van der Waals surface area contributed by atoms with E-state index in [1.165, 1.54) is 9.79 Å². The third kappa shape index (κ3) is 5.08. The molecule has 15 rings (SSSR count). The van der Waals surface area contributed by atoms with Crippen LogP contribution in [0, 0.1) is 13.1 Å². The van der Waals surface area contributed by atoms with Gasteiger partial charge in [0.25, 0.3) is 0 Å². The minimum Gasteiger partial charge on any atom is -0.457 e. The molecule has 0 radical (unpaired) electrons. The van der Waals surface area contributed by atoms with E-state index in [-0.39, 0.29) is 0 Å². The SMILES string of the molecule is [C-]#[N+]c1ccc2c(c1)c1ccccc1n2-c1ccc2c(c1)Oc1cccc(-n3c4ccccc4c4cc([N+]#[C-])ccc43)c1C21c2cccnc2-c2ncc(N3c4ccccc4Sc4ccccc43)cc21. The van der Waals surface area contributed by atoms with E-state index in [0.29, 0.717) is 22.9 Å². The Morgan fingerprint density at radius 3 is 1.79 bits per heavy atom. The van der Waals surface area contributed by atoms with Gasteiger partial charge in [0.15, 0.2) is 11.4 Å². The molecule has 6 heterocycles. The number of pyridine rings is 2. The van der Waals surface area contributed by atoms with E-state index in [1.807, 2.05) is 42.7 Å². The molecule has 1 aliphatic carbocycles. The highest BCUT2D eigenvalue weighted by Crippen LogP contribution is 2.64. The summed E-state index contributed by atoms with van der Waals surface area (Å²) in [6.07, 6.45) is 3.87. The molecular formula is C61H33N7OS. The van der Waals surface area contributed by atoms with Crippen molar-refractivity contribution in [1.82, 2.24) is 19.1 Å². The zero-order valence-corrected chi connectivity index (χ0v) is 37.8. The summed E-state index contributed by atoms with van der Waals surface area (Å²) in [5, 5.41) is 4.16. The molecule has 0 bridgehead atoms. The smallest absolute Gasteiger partial charge is 0.188 e. The van der Waals surface area contributed by atoms with Crippen molar-refractivity contribution < 1.29 is 4.74 Å². The van der Waals surface area contributed by atoms with Gasteiger partial charge in [-0.15, -0.1) is 0 Å². The van der Waals surface area contributed by atoms with Crippen LogP contribution in [0.15, 0.2) is 210 Å². The summed E-state index contributed by atoms with van der Waals surface area (Å²) in [7, 11) is 0. The zero-order chi connectivity index (χ0) is 46.2. The van der Waals surface area contributed by atoms with Crippen LogP contribution in [-0.4, -0.2) is 19.1 Å². The fourth-order valence-electron chi connectivity index (χ4n) is 11.7. The number of hydrogen-bond acceptors (Lipinski definition) is 5. The Labute approximate surface area is 405 Å². The fraction of sp³-hybridized carbons (Fsp3) is 0.0164. The third-order valence-electron chi connectivity index (χ3n) is 14.4. The number of para-hydroxylation sites is 4. The highest BCUT2D eigenvalue weighted by molar-refractivity contribution is 7.99. The molecule has 3 aliphatic rings. The van der Waals surface area contributed by atoms with E-state index in [2.05, 4.69) is 181 Å². The van der Waals surface area contributed by atoms with Crippen LogP contribution in [0.2, 0.25) is 0 Å². The molecule has 0 fully saturated rings. The van der Waals surface area contributed by atoms with Crippen LogP contribution in [0.4, 0.5) is 28.4 Å². The van der Waals surface area contributed by atoms with Gasteiger partial charge in [0.1, 0.15) is 11.5 Å². The summed E-state index contributed by atoms with van der Waals surface area (Å²) in [6.45, 7) is 15.8. The first-order valence-corrected chi connectivity index (χ1v) is 23.8. The summed E-state index contributed by atoms with van der Waals surface area (Å²) in [6, 6.07) is 65.5.